The van der Waals surface area contributed by atoms with Gasteiger partial charge in [0, 0.05) is 29.8 Å². The topological polar surface area (TPSA) is 98.0 Å². The van der Waals surface area contributed by atoms with E-state index in [9.17, 15) is 18.4 Å². The monoisotopic (exact) mass is 510 g/mol. The molecule has 36 heavy (non-hydrogen) atoms. The highest BCUT2D eigenvalue weighted by Gasteiger charge is 2.28. The Bertz CT molecular complexity index is 1280. The lowest BCUT2D eigenvalue weighted by molar-refractivity contribution is 0.0986. The minimum Gasteiger partial charge on any atom is -0.328 e. The van der Waals surface area contributed by atoms with Crippen LogP contribution in [-0.4, -0.2) is 27.7 Å². The number of halogens is 2. The zero-order chi connectivity index (χ0) is 26.0. The summed E-state index contributed by atoms with van der Waals surface area (Å²) >= 11 is 0. The van der Waals surface area contributed by atoms with Crippen molar-refractivity contribution in [2.75, 3.05) is 5.32 Å². The number of nitrogens with one attached hydrogen (secondary N) is 1. The summed E-state index contributed by atoms with van der Waals surface area (Å²) < 4.78 is 29.7. The maximum Gasteiger partial charge on any atom is 0.274 e. The molecule has 188 valence electrons. The van der Waals surface area contributed by atoms with Gasteiger partial charge in [0.15, 0.2) is 5.78 Å². The second-order valence-electron chi connectivity index (χ2n) is 9.41. The van der Waals surface area contributed by atoms with E-state index in [2.05, 4.69) is 31.4 Å². The number of amides is 1. The Morgan fingerprint density at radius 1 is 1.14 bits per heavy atom. The second-order valence-corrected chi connectivity index (χ2v) is 10.0. The van der Waals surface area contributed by atoms with E-state index < -0.39 is 17.5 Å². The van der Waals surface area contributed by atoms with Crippen molar-refractivity contribution in [1.29, 1.82) is 0 Å². The molecule has 4 unspecified atom stereocenters. The van der Waals surface area contributed by atoms with Crippen molar-refractivity contribution in [3.63, 3.8) is 0 Å². The third-order valence-corrected chi connectivity index (χ3v) is 7.06. The summed E-state index contributed by atoms with van der Waals surface area (Å²) in [5.41, 5.74) is 7.42. The average molecular weight is 511 g/mol. The van der Waals surface area contributed by atoms with Crippen LogP contribution in [0.3, 0.4) is 0 Å². The van der Waals surface area contributed by atoms with E-state index in [1.807, 2.05) is 6.07 Å². The number of carbonyl (C=O) groups excluding carboxylic acids is 2. The van der Waals surface area contributed by atoms with Gasteiger partial charge < -0.3 is 11.1 Å². The van der Waals surface area contributed by atoms with Crippen LogP contribution in [0.15, 0.2) is 42.7 Å². The number of anilines is 1. The third-order valence-electron chi connectivity index (χ3n) is 6.60. The lowest BCUT2D eigenvalue weighted by atomic mass is 9.76. The number of carbonyl (C=O) groups is 2. The van der Waals surface area contributed by atoms with E-state index in [0.717, 1.165) is 37.0 Å². The molecule has 1 amide bonds. The first kappa shape index (κ1) is 26.0. The Hall–Kier alpha value is -3.09. The Labute approximate surface area is 211 Å². The highest BCUT2D eigenvalue weighted by atomic mass is 31.0. The molecule has 6 nitrogen and oxygen atoms in total. The number of nitrogens with two attached hydrogens (primary N) is 1. The molecule has 1 aliphatic carbocycles. The Balaban J connectivity index is 1.65. The number of hydrogen-bond donors (Lipinski definition) is 2. The molecule has 2 aromatic heterocycles. The lowest BCUT2D eigenvalue weighted by Crippen LogP contribution is -2.31. The van der Waals surface area contributed by atoms with Crippen LogP contribution in [0, 0.1) is 17.6 Å². The second kappa shape index (κ2) is 10.9. The van der Waals surface area contributed by atoms with Crippen molar-refractivity contribution in [2.45, 2.75) is 51.5 Å². The van der Waals surface area contributed by atoms with E-state index in [1.54, 1.807) is 19.3 Å². The predicted octanol–water partition coefficient (Wildman–Crippen LogP) is 5.00. The highest BCUT2D eigenvalue weighted by molar-refractivity contribution is 7.28. The summed E-state index contributed by atoms with van der Waals surface area (Å²) in [5.74, 6) is -1.73. The molecule has 3 N–H and O–H groups in total. The van der Waals surface area contributed by atoms with Crippen molar-refractivity contribution in [2.24, 2.45) is 11.7 Å². The number of Topliss-reactive ketones (excluding diaryl/α,β-unsaturated/α-hetero) is 1. The van der Waals surface area contributed by atoms with E-state index in [0.29, 0.717) is 11.6 Å². The molecular formula is C27H29F2N4O2P. The van der Waals surface area contributed by atoms with Crippen molar-refractivity contribution >= 4 is 31.9 Å². The fourth-order valence-electron chi connectivity index (χ4n) is 4.95. The van der Waals surface area contributed by atoms with E-state index in [1.165, 1.54) is 12.1 Å². The SMILES string of the molecule is CCC(=O)c1cc(F)c(-c2nc(C(=O)Nc3cnccc3C3CC(C)CC(N)C3)ccc2F)c(P)c1. The first-order chi connectivity index (χ1) is 17.2. The zero-order valence-corrected chi connectivity index (χ0v) is 21.4. The van der Waals surface area contributed by atoms with Gasteiger partial charge in [0.25, 0.3) is 5.91 Å². The van der Waals surface area contributed by atoms with Crippen LogP contribution in [0.25, 0.3) is 11.3 Å². The van der Waals surface area contributed by atoms with Gasteiger partial charge in [-0.25, -0.2) is 13.8 Å². The molecule has 1 aromatic carbocycles. The minimum absolute atomic E-state index is 0.0765. The van der Waals surface area contributed by atoms with Crippen LogP contribution < -0.4 is 16.4 Å². The van der Waals surface area contributed by atoms with E-state index >= 15 is 0 Å². The zero-order valence-electron chi connectivity index (χ0n) is 20.2. The average Bonchev–Trinajstić information content (AvgIpc) is 2.83. The van der Waals surface area contributed by atoms with Gasteiger partial charge in [0.1, 0.15) is 23.0 Å². The van der Waals surface area contributed by atoms with Crippen molar-refractivity contribution in [3.8, 4) is 11.3 Å². The molecule has 0 saturated heterocycles. The molecule has 1 aliphatic rings. The molecule has 2 heterocycles. The number of hydrogen-bond acceptors (Lipinski definition) is 5. The van der Waals surface area contributed by atoms with Crippen LogP contribution in [0.2, 0.25) is 0 Å². The fourth-order valence-corrected chi connectivity index (χ4v) is 5.40. The normalized spacial score (nSPS) is 19.7. The summed E-state index contributed by atoms with van der Waals surface area (Å²) in [6, 6.07) is 6.84. The quantitative estimate of drug-likeness (QED) is 0.359. The number of rotatable bonds is 6. The molecular weight excluding hydrogens is 481 g/mol. The van der Waals surface area contributed by atoms with Crippen LogP contribution in [0.1, 0.15) is 71.9 Å². The molecule has 1 fully saturated rings. The van der Waals surface area contributed by atoms with Gasteiger partial charge in [0.05, 0.1) is 11.9 Å². The first-order valence-corrected chi connectivity index (χ1v) is 12.6. The largest absolute Gasteiger partial charge is 0.328 e. The number of aromatic nitrogens is 2. The van der Waals surface area contributed by atoms with E-state index in [4.69, 9.17) is 5.73 Å². The van der Waals surface area contributed by atoms with Gasteiger partial charge >= 0.3 is 0 Å². The molecule has 4 atom stereocenters. The molecule has 0 bridgehead atoms. The summed E-state index contributed by atoms with van der Waals surface area (Å²) in [6.45, 7) is 3.84. The van der Waals surface area contributed by atoms with Crippen molar-refractivity contribution in [3.05, 3.63) is 71.2 Å². The van der Waals surface area contributed by atoms with Gasteiger partial charge in [0.2, 0.25) is 0 Å². The minimum atomic E-state index is -0.791. The maximum atomic E-state index is 15.0. The van der Waals surface area contributed by atoms with Gasteiger partial charge in [-0.15, -0.1) is 9.24 Å². The van der Waals surface area contributed by atoms with Crippen LogP contribution >= 0.6 is 9.24 Å². The molecule has 4 rings (SSSR count). The molecule has 9 heteroatoms. The molecule has 0 aliphatic heterocycles. The molecule has 0 spiro atoms. The van der Waals surface area contributed by atoms with Gasteiger partial charge in [-0.05, 0) is 72.3 Å². The van der Waals surface area contributed by atoms with Gasteiger partial charge in [-0.1, -0.05) is 13.8 Å². The molecule has 0 radical (unpaired) electrons. The Morgan fingerprint density at radius 3 is 2.61 bits per heavy atom. The van der Waals surface area contributed by atoms with Crippen LogP contribution in [0.4, 0.5) is 14.5 Å². The first-order valence-electron chi connectivity index (χ1n) is 12.0. The maximum absolute atomic E-state index is 15.0. The number of ketones is 1. The van der Waals surface area contributed by atoms with Crippen molar-refractivity contribution in [1.82, 2.24) is 9.97 Å². The summed E-state index contributed by atoms with van der Waals surface area (Å²) in [4.78, 5) is 33.4. The summed E-state index contributed by atoms with van der Waals surface area (Å²) in [6.07, 6.45) is 6.20. The molecule has 1 saturated carbocycles. The van der Waals surface area contributed by atoms with Gasteiger partial charge in [-0.3, -0.25) is 14.6 Å². The Kier molecular flexibility index (Phi) is 7.86. The highest BCUT2D eigenvalue weighted by Crippen LogP contribution is 2.38. The fraction of sp³-hybridized carbons (Fsp3) is 0.333. The molecule has 3 aromatic rings. The number of benzene rings is 1. The summed E-state index contributed by atoms with van der Waals surface area (Å²) in [5, 5.41) is 3.11. The van der Waals surface area contributed by atoms with Crippen molar-refractivity contribution < 1.29 is 18.4 Å². The lowest BCUT2D eigenvalue weighted by Gasteiger charge is -2.32. The predicted molar refractivity (Wildman–Crippen MR) is 139 cm³/mol. The Morgan fingerprint density at radius 2 is 1.92 bits per heavy atom. The number of nitrogens with zero attached hydrogens (tertiary/aromatic N) is 2. The van der Waals surface area contributed by atoms with E-state index in [-0.39, 0.29) is 52.0 Å². The standard InChI is InChI=1S/C27H29F2N4O2P/c1-3-23(34)16-11-20(29)25(24(36)12-16)26-19(28)4-5-21(32-26)27(35)33-22-13-31-7-6-18(22)15-8-14(2)9-17(30)10-15/h4-7,11-15,17H,3,8-10,30,36H2,1-2H3,(H,33,35). The van der Waals surface area contributed by atoms with Gasteiger partial charge in [-0.2, -0.15) is 0 Å². The smallest absolute Gasteiger partial charge is 0.274 e. The number of pyridine rings is 2. The summed E-state index contributed by atoms with van der Waals surface area (Å²) in [7, 11) is 2.31. The van der Waals surface area contributed by atoms with Crippen LogP contribution in [-0.2, 0) is 0 Å². The van der Waals surface area contributed by atoms with Crippen LogP contribution in [0.5, 0.6) is 0 Å². The third kappa shape index (κ3) is 5.50.